The molecule has 1 aliphatic carbocycles. The first-order valence-corrected chi connectivity index (χ1v) is 8.92. The topological polar surface area (TPSA) is 96.2 Å². The molecule has 1 amide bonds. The van der Waals surface area contributed by atoms with Crippen molar-refractivity contribution < 1.29 is 22.4 Å². The predicted octanol–water partition coefficient (Wildman–Crippen LogP) is 3.55. The van der Waals surface area contributed by atoms with Crippen LogP contribution in [-0.2, 0) is 0 Å². The van der Waals surface area contributed by atoms with Crippen LogP contribution in [0.2, 0.25) is 0 Å². The Morgan fingerprint density at radius 1 is 1.38 bits per heavy atom. The molecule has 0 aliphatic heterocycles. The summed E-state index contributed by atoms with van der Waals surface area (Å²) in [5.74, 6) is -0.807. The molecule has 1 atom stereocenters. The van der Waals surface area contributed by atoms with Gasteiger partial charge in [-0.1, -0.05) is 0 Å². The summed E-state index contributed by atoms with van der Waals surface area (Å²) in [5, 5.41) is 11.3. The molecular weight excluding hydrogens is 387 g/mol. The lowest BCUT2D eigenvalue weighted by Gasteiger charge is -2.20. The van der Waals surface area contributed by atoms with Crippen LogP contribution in [0.4, 0.5) is 13.2 Å². The number of imidazole rings is 1. The van der Waals surface area contributed by atoms with Gasteiger partial charge in [0.25, 0.3) is 5.91 Å². The van der Waals surface area contributed by atoms with E-state index >= 15 is 0 Å². The van der Waals surface area contributed by atoms with Crippen LogP contribution in [0.5, 0.6) is 0 Å². The Morgan fingerprint density at radius 2 is 2.10 bits per heavy atom. The number of rotatable bonds is 4. The number of carbonyl (C=O) groups is 1. The zero-order valence-corrected chi connectivity index (χ0v) is 15.5. The fourth-order valence-corrected chi connectivity index (χ4v) is 3.29. The van der Waals surface area contributed by atoms with E-state index in [1.165, 1.54) is 10.7 Å². The number of aryl methyl sites for hydroxylation is 2. The second-order valence-electron chi connectivity index (χ2n) is 7.11. The normalized spacial score (nSPS) is 15.3. The summed E-state index contributed by atoms with van der Waals surface area (Å²) in [4.78, 5) is 20.9. The number of amides is 1. The average molecular weight is 403 g/mol. The second-order valence-corrected chi connectivity index (χ2v) is 7.11. The van der Waals surface area contributed by atoms with Crippen molar-refractivity contribution in [1.82, 2.24) is 19.7 Å². The molecule has 0 radical (unpaired) electrons. The Hall–Kier alpha value is -3.35. The Balaban J connectivity index is 1.75. The van der Waals surface area contributed by atoms with E-state index in [0.717, 1.165) is 0 Å². The molecule has 3 aromatic heterocycles. The molecule has 4 rings (SSSR count). The molecular formula is C19H16F3N5O2. The first-order valence-electron chi connectivity index (χ1n) is 8.92. The van der Waals surface area contributed by atoms with E-state index in [1.807, 2.05) is 6.07 Å². The van der Waals surface area contributed by atoms with Gasteiger partial charge in [-0.05, 0) is 44.7 Å². The standard InChI is InChI=1S/C19H16F3N5O2/c1-9-5-13(15-12(7-23)6-10(2)29-15)25-17-14(24-8-27(9)17)18(28)26-16(11-3-4-11)19(20,21)22/h5-6,8,11,16H,3-4H2,1-2H3,(H,26,28). The third kappa shape index (κ3) is 3.44. The number of nitrogens with zero attached hydrogens (tertiary/aromatic N) is 4. The maximum atomic E-state index is 13.3. The van der Waals surface area contributed by atoms with Crippen LogP contribution in [-0.4, -0.2) is 32.5 Å². The van der Waals surface area contributed by atoms with Crippen LogP contribution in [0, 0.1) is 31.1 Å². The van der Waals surface area contributed by atoms with Gasteiger partial charge < -0.3 is 9.73 Å². The molecule has 0 bridgehead atoms. The van der Waals surface area contributed by atoms with Gasteiger partial charge in [0.1, 0.15) is 35.5 Å². The molecule has 1 N–H and O–H groups in total. The highest BCUT2D eigenvalue weighted by Crippen LogP contribution is 2.40. The molecule has 3 heterocycles. The van der Waals surface area contributed by atoms with Gasteiger partial charge in [-0.3, -0.25) is 9.20 Å². The van der Waals surface area contributed by atoms with Crippen molar-refractivity contribution in [3.63, 3.8) is 0 Å². The third-order valence-corrected chi connectivity index (χ3v) is 4.85. The van der Waals surface area contributed by atoms with Gasteiger partial charge in [0, 0.05) is 5.69 Å². The molecule has 150 valence electrons. The van der Waals surface area contributed by atoms with Gasteiger partial charge >= 0.3 is 6.18 Å². The molecule has 0 saturated heterocycles. The second kappa shape index (κ2) is 6.62. The van der Waals surface area contributed by atoms with Crippen molar-refractivity contribution in [2.45, 2.75) is 38.9 Å². The third-order valence-electron chi connectivity index (χ3n) is 4.85. The molecule has 1 aliphatic rings. The van der Waals surface area contributed by atoms with Crippen LogP contribution in [0.25, 0.3) is 17.1 Å². The minimum absolute atomic E-state index is 0.0900. The van der Waals surface area contributed by atoms with Gasteiger partial charge in [0.05, 0.1) is 0 Å². The first-order chi connectivity index (χ1) is 13.7. The number of nitriles is 1. The minimum Gasteiger partial charge on any atom is -0.458 e. The van der Waals surface area contributed by atoms with E-state index in [0.29, 0.717) is 30.0 Å². The Morgan fingerprint density at radius 3 is 2.72 bits per heavy atom. The Labute approximate surface area is 163 Å². The van der Waals surface area contributed by atoms with Crippen LogP contribution < -0.4 is 5.32 Å². The molecule has 10 heteroatoms. The van der Waals surface area contributed by atoms with Crippen molar-refractivity contribution in [2.75, 3.05) is 0 Å². The van der Waals surface area contributed by atoms with Crippen molar-refractivity contribution in [2.24, 2.45) is 5.92 Å². The molecule has 3 aromatic rings. The van der Waals surface area contributed by atoms with Crippen LogP contribution in [0.3, 0.4) is 0 Å². The number of alkyl halides is 3. The van der Waals surface area contributed by atoms with Gasteiger partial charge in [-0.25, -0.2) is 9.97 Å². The number of halogens is 3. The summed E-state index contributed by atoms with van der Waals surface area (Å²) < 4.78 is 46.8. The van der Waals surface area contributed by atoms with E-state index in [9.17, 15) is 23.2 Å². The maximum Gasteiger partial charge on any atom is 0.408 e. The molecule has 7 nitrogen and oxygen atoms in total. The van der Waals surface area contributed by atoms with Gasteiger partial charge in [-0.2, -0.15) is 18.4 Å². The summed E-state index contributed by atoms with van der Waals surface area (Å²) in [7, 11) is 0. The van der Waals surface area contributed by atoms with Crippen molar-refractivity contribution in [1.29, 1.82) is 5.26 Å². The average Bonchev–Trinajstić information content (AvgIpc) is 3.26. The number of carbonyl (C=O) groups excluding carboxylic acids is 1. The summed E-state index contributed by atoms with van der Waals surface area (Å²) >= 11 is 0. The lowest BCUT2D eigenvalue weighted by Crippen LogP contribution is -2.47. The summed E-state index contributed by atoms with van der Waals surface area (Å²) in [6.07, 6.45) is -2.36. The maximum absolute atomic E-state index is 13.3. The van der Waals surface area contributed by atoms with Gasteiger partial charge in [0.2, 0.25) is 0 Å². The largest absolute Gasteiger partial charge is 0.458 e. The minimum atomic E-state index is -4.53. The number of hydrogen-bond donors (Lipinski definition) is 1. The summed E-state index contributed by atoms with van der Waals surface area (Å²) in [5.41, 5.74) is 1.07. The predicted molar refractivity (Wildman–Crippen MR) is 94.9 cm³/mol. The van der Waals surface area contributed by atoms with E-state index in [2.05, 4.69) is 15.3 Å². The zero-order valence-electron chi connectivity index (χ0n) is 15.5. The Kier molecular flexibility index (Phi) is 4.33. The smallest absolute Gasteiger partial charge is 0.408 e. The lowest BCUT2D eigenvalue weighted by molar-refractivity contribution is -0.158. The van der Waals surface area contributed by atoms with Gasteiger partial charge in [-0.15, -0.1) is 0 Å². The van der Waals surface area contributed by atoms with Crippen molar-refractivity contribution >= 4 is 11.6 Å². The SMILES string of the molecule is Cc1cc(C#N)c(-c2cc(C)n3cnc(C(=O)NC(C4CC4)C(F)(F)F)c3n2)o1. The zero-order chi connectivity index (χ0) is 20.9. The fourth-order valence-electron chi connectivity index (χ4n) is 3.29. The molecule has 0 aromatic carbocycles. The number of hydrogen-bond acceptors (Lipinski definition) is 5. The molecule has 29 heavy (non-hydrogen) atoms. The highest BCUT2D eigenvalue weighted by molar-refractivity contribution is 5.98. The van der Waals surface area contributed by atoms with Crippen LogP contribution >= 0.6 is 0 Å². The van der Waals surface area contributed by atoms with Crippen LogP contribution in [0.15, 0.2) is 22.9 Å². The highest BCUT2D eigenvalue weighted by atomic mass is 19.4. The highest BCUT2D eigenvalue weighted by Gasteiger charge is 2.50. The van der Waals surface area contributed by atoms with E-state index < -0.39 is 24.0 Å². The first kappa shape index (κ1) is 19.0. The lowest BCUT2D eigenvalue weighted by atomic mass is 10.1. The monoisotopic (exact) mass is 403 g/mol. The van der Waals surface area contributed by atoms with Crippen molar-refractivity contribution in [3.8, 4) is 17.5 Å². The van der Waals surface area contributed by atoms with E-state index in [4.69, 9.17) is 4.42 Å². The molecule has 0 spiro atoms. The van der Waals surface area contributed by atoms with Crippen molar-refractivity contribution in [3.05, 3.63) is 41.2 Å². The van der Waals surface area contributed by atoms with Gasteiger partial charge in [0.15, 0.2) is 17.1 Å². The number of fused-ring (bicyclic) bond motifs is 1. The molecule has 1 fully saturated rings. The van der Waals surface area contributed by atoms with E-state index in [-0.39, 0.29) is 22.7 Å². The number of aromatic nitrogens is 3. The molecule has 1 saturated carbocycles. The quantitative estimate of drug-likeness (QED) is 0.719. The number of furan rings is 1. The van der Waals surface area contributed by atoms with Crippen LogP contribution in [0.1, 0.15) is 40.3 Å². The van der Waals surface area contributed by atoms with E-state index in [1.54, 1.807) is 26.0 Å². The molecule has 1 unspecified atom stereocenters. The fraction of sp³-hybridized carbons (Fsp3) is 0.368. The Bertz CT molecular complexity index is 1150. The summed E-state index contributed by atoms with van der Waals surface area (Å²) in [6.45, 7) is 3.41. The summed E-state index contributed by atoms with van der Waals surface area (Å²) in [6, 6.07) is 3.32. The number of nitrogens with one attached hydrogen (secondary N) is 1.